The molecule has 1 N–H and O–H groups in total. The van der Waals surface area contributed by atoms with Gasteiger partial charge in [0.2, 0.25) is 5.91 Å². The van der Waals surface area contributed by atoms with E-state index in [1.165, 1.54) is 7.11 Å². The van der Waals surface area contributed by atoms with Crippen LogP contribution in [0, 0.1) is 0 Å². The second kappa shape index (κ2) is 11.4. The van der Waals surface area contributed by atoms with Crippen LogP contribution in [0.5, 0.6) is 17.2 Å². The molecule has 2 aromatic heterocycles. The average Bonchev–Trinajstić information content (AvgIpc) is 3.58. The second-order valence-electron chi connectivity index (χ2n) is 9.30. The zero-order chi connectivity index (χ0) is 27.4. The van der Waals surface area contributed by atoms with Crippen molar-refractivity contribution in [2.45, 2.75) is 32.4 Å². The van der Waals surface area contributed by atoms with E-state index in [1.807, 2.05) is 40.8 Å². The monoisotopic (exact) mass is 529 g/mol. The molecule has 5 rings (SSSR count). The number of likely N-dealkylation sites (tertiary alicyclic amines) is 1. The fraction of sp³-hybridized carbons (Fsp3) is 0.310. The number of hydrogen-bond acceptors (Lipinski definition) is 8. The van der Waals surface area contributed by atoms with Crippen molar-refractivity contribution in [2.75, 3.05) is 32.6 Å². The van der Waals surface area contributed by atoms with Crippen LogP contribution >= 0.6 is 0 Å². The molecule has 10 heteroatoms. The molecule has 0 aliphatic carbocycles. The minimum Gasteiger partial charge on any atom is -0.497 e. The minimum atomic E-state index is -0.411. The van der Waals surface area contributed by atoms with Gasteiger partial charge in [-0.3, -0.25) is 4.79 Å². The Morgan fingerprint density at radius 1 is 1.03 bits per heavy atom. The van der Waals surface area contributed by atoms with Gasteiger partial charge in [0, 0.05) is 37.8 Å². The molecule has 1 aliphatic rings. The summed E-state index contributed by atoms with van der Waals surface area (Å²) >= 11 is 0. The van der Waals surface area contributed by atoms with Crippen LogP contribution in [0.4, 0.5) is 5.82 Å². The Morgan fingerprint density at radius 2 is 1.77 bits per heavy atom. The summed E-state index contributed by atoms with van der Waals surface area (Å²) in [6.07, 6.45) is 3.00. The third-order valence-corrected chi connectivity index (χ3v) is 6.77. The van der Waals surface area contributed by atoms with Crippen LogP contribution in [0.1, 0.15) is 35.7 Å². The molecule has 1 unspecified atom stereocenters. The Balaban J connectivity index is 1.48. The summed E-state index contributed by atoms with van der Waals surface area (Å²) in [4.78, 5) is 30.6. The normalized spacial score (nSPS) is 14.8. The van der Waals surface area contributed by atoms with Crippen LogP contribution in [0.15, 0.2) is 60.8 Å². The molecule has 1 aliphatic heterocycles. The van der Waals surface area contributed by atoms with Gasteiger partial charge in [-0.05, 0) is 48.4 Å². The number of carbonyl (C=O) groups is 2. The highest BCUT2D eigenvalue weighted by molar-refractivity contribution is 5.94. The van der Waals surface area contributed by atoms with Crippen LogP contribution in [0.25, 0.3) is 11.0 Å². The molecule has 1 fully saturated rings. The zero-order valence-corrected chi connectivity index (χ0v) is 22.2. The first-order valence-electron chi connectivity index (χ1n) is 12.9. The van der Waals surface area contributed by atoms with Crippen LogP contribution < -0.4 is 14.8 Å². The van der Waals surface area contributed by atoms with Crippen molar-refractivity contribution in [1.82, 2.24) is 19.7 Å². The smallest absolute Gasteiger partial charge is 0.337 e. The molecule has 3 heterocycles. The van der Waals surface area contributed by atoms with Crippen molar-refractivity contribution in [1.29, 1.82) is 0 Å². The molecule has 0 spiro atoms. The van der Waals surface area contributed by atoms with Crippen LogP contribution in [-0.2, 0) is 16.1 Å². The molecule has 1 atom stereocenters. The van der Waals surface area contributed by atoms with Crippen molar-refractivity contribution in [3.05, 3.63) is 71.9 Å². The Hall–Kier alpha value is -4.60. The van der Waals surface area contributed by atoms with E-state index in [2.05, 4.69) is 10.3 Å². The summed E-state index contributed by atoms with van der Waals surface area (Å²) in [6, 6.07) is 16.4. The fourth-order valence-corrected chi connectivity index (χ4v) is 4.70. The number of anilines is 1. The van der Waals surface area contributed by atoms with E-state index < -0.39 is 5.97 Å². The van der Waals surface area contributed by atoms with E-state index in [0.29, 0.717) is 54.6 Å². The van der Waals surface area contributed by atoms with Crippen molar-refractivity contribution in [2.24, 2.45) is 0 Å². The molecule has 1 saturated heterocycles. The first kappa shape index (κ1) is 26.0. The number of nitrogens with zero attached hydrogens (tertiary/aromatic N) is 4. The Kier molecular flexibility index (Phi) is 7.62. The van der Waals surface area contributed by atoms with E-state index >= 15 is 0 Å². The molecular weight excluding hydrogens is 498 g/mol. The maximum atomic E-state index is 12.2. The van der Waals surface area contributed by atoms with Gasteiger partial charge in [0.15, 0.2) is 11.5 Å². The first-order chi connectivity index (χ1) is 19.0. The van der Waals surface area contributed by atoms with Crippen LogP contribution in [-0.4, -0.2) is 64.9 Å². The summed E-state index contributed by atoms with van der Waals surface area (Å²) in [5.74, 6) is 2.30. The lowest BCUT2D eigenvalue weighted by atomic mass is 10.2. The quantitative estimate of drug-likeness (QED) is 0.316. The Labute approximate surface area is 226 Å². The average molecular weight is 530 g/mol. The lowest BCUT2D eigenvalue weighted by Crippen LogP contribution is -2.31. The van der Waals surface area contributed by atoms with E-state index in [-0.39, 0.29) is 11.9 Å². The number of aromatic nitrogens is 3. The number of rotatable bonds is 9. The predicted molar refractivity (Wildman–Crippen MR) is 146 cm³/mol. The van der Waals surface area contributed by atoms with Gasteiger partial charge in [-0.1, -0.05) is 19.1 Å². The summed E-state index contributed by atoms with van der Waals surface area (Å²) in [6.45, 7) is 3.70. The third-order valence-electron chi connectivity index (χ3n) is 6.77. The molecule has 202 valence electrons. The van der Waals surface area contributed by atoms with Gasteiger partial charge in [0.1, 0.15) is 22.6 Å². The number of methoxy groups -OCH3 is 2. The van der Waals surface area contributed by atoms with Crippen molar-refractivity contribution < 1.29 is 23.8 Å². The number of pyridine rings is 1. The largest absolute Gasteiger partial charge is 0.497 e. The Bertz CT molecular complexity index is 1470. The van der Waals surface area contributed by atoms with Gasteiger partial charge in [-0.2, -0.15) is 5.10 Å². The third kappa shape index (κ3) is 5.64. The number of fused-ring (bicyclic) bond motifs is 1. The number of hydrogen-bond donors (Lipinski definition) is 1. The van der Waals surface area contributed by atoms with Gasteiger partial charge in [-0.25, -0.2) is 14.5 Å². The molecule has 4 aromatic rings. The van der Waals surface area contributed by atoms with Crippen LogP contribution in [0.3, 0.4) is 0 Å². The number of esters is 1. The number of amides is 1. The van der Waals surface area contributed by atoms with Gasteiger partial charge in [-0.15, -0.1) is 0 Å². The fourth-order valence-electron chi connectivity index (χ4n) is 4.70. The lowest BCUT2D eigenvalue weighted by Gasteiger charge is -2.16. The summed E-state index contributed by atoms with van der Waals surface area (Å²) < 4.78 is 18.2. The van der Waals surface area contributed by atoms with E-state index in [9.17, 15) is 9.59 Å². The predicted octanol–water partition coefficient (Wildman–Crippen LogP) is 4.49. The van der Waals surface area contributed by atoms with Crippen molar-refractivity contribution in [3.8, 4) is 17.2 Å². The highest BCUT2D eigenvalue weighted by Crippen LogP contribution is 2.35. The second-order valence-corrected chi connectivity index (χ2v) is 9.30. The number of carbonyl (C=O) groups excluding carboxylic acids is 2. The number of nitrogens with one attached hydrogen (secondary N) is 1. The summed E-state index contributed by atoms with van der Waals surface area (Å²) in [5.41, 5.74) is 2.14. The number of benzene rings is 2. The Morgan fingerprint density at radius 3 is 2.46 bits per heavy atom. The molecule has 0 radical (unpaired) electrons. The molecule has 10 nitrogen and oxygen atoms in total. The maximum Gasteiger partial charge on any atom is 0.337 e. The lowest BCUT2D eigenvalue weighted by molar-refractivity contribution is -0.129. The molecule has 39 heavy (non-hydrogen) atoms. The molecule has 1 amide bonds. The molecule has 0 saturated carbocycles. The van der Waals surface area contributed by atoms with E-state index in [4.69, 9.17) is 19.3 Å². The summed E-state index contributed by atoms with van der Waals surface area (Å²) in [5, 5.41) is 9.19. The first-order valence-corrected chi connectivity index (χ1v) is 12.9. The SMILES string of the molecule is CCC(=O)N1CCC(Nc2nn(Cc3ccc(OC)cc3)c3nccc(Oc4ccc(C(=O)OC)cc4)c23)C1. The number of ether oxygens (including phenoxy) is 3. The highest BCUT2D eigenvalue weighted by atomic mass is 16.5. The van der Waals surface area contributed by atoms with Crippen LogP contribution in [0.2, 0.25) is 0 Å². The maximum absolute atomic E-state index is 12.2. The molecule has 2 aromatic carbocycles. The summed E-state index contributed by atoms with van der Waals surface area (Å²) in [7, 11) is 2.99. The van der Waals surface area contributed by atoms with E-state index in [0.717, 1.165) is 23.1 Å². The van der Waals surface area contributed by atoms with Gasteiger partial charge in [0.25, 0.3) is 0 Å². The van der Waals surface area contributed by atoms with E-state index in [1.54, 1.807) is 43.6 Å². The van der Waals surface area contributed by atoms with Crippen molar-refractivity contribution >= 4 is 28.7 Å². The highest BCUT2D eigenvalue weighted by Gasteiger charge is 2.27. The van der Waals surface area contributed by atoms with Gasteiger partial charge >= 0.3 is 5.97 Å². The minimum absolute atomic E-state index is 0.0560. The zero-order valence-electron chi connectivity index (χ0n) is 22.2. The standard InChI is InChI=1S/C29H31N5O5/c1-4-25(35)33-16-14-21(18-33)31-27-26-24(39-23-11-7-20(8-12-23)29(36)38-3)13-15-30-28(26)34(32-27)17-19-5-9-22(37-2)10-6-19/h5-13,15,21H,4,14,16-18H2,1-3H3,(H,31,32). The molecule has 0 bridgehead atoms. The molecular formula is C29H31N5O5. The van der Waals surface area contributed by atoms with Gasteiger partial charge in [0.05, 0.1) is 26.3 Å². The van der Waals surface area contributed by atoms with Gasteiger partial charge < -0.3 is 24.4 Å². The topological polar surface area (TPSA) is 108 Å². The van der Waals surface area contributed by atoms with Crippen molar-refractivity contribution in [3.63, 3.8) is 0 Å².